The molecule has 0 N–H and O–H groups in total. The zero-order chi connectivity index (χ0) is 18.7. The second kappa shape index (κ2) is 7.64. The molecule has 0 radical (unpaired) electrons. The maximum Gasteiger partial charge on any atom is 0.298 e. The fourth-order valence-electron chi connectivity index (χ4n) is 3.03. The van der Waals surface area contributed by atoms with E-state index in [-0.39, 0.29) is 10.8 Å². The van der Waals surface area contributed by atoms with Crippen LogP contribution in [-0.4, -0.2) is 54.2 Å². The predicted octanol–water partition coefficient (Wildman–Crippen LogP) is 4.58. The molecule has 0 aromatic heterocycles. The third kappa shape index (κ3) is 3.97. The Balaban J connectivity index is 3.73. The maximum atomic E-state index is 11.5. The molecule has 0 aliphatic carbocycles. The number of nitro groups is 1. The lowest BCUT2D eigenvalue weighted by molar-refractivity contribution is -0.384. The van der Waals surface area contributed by atoms with Crippen LogP contribution in [0.15, 0.2) is 22.9 Å². The molecule has 1 aromatic rings. The van der Waals surface area contributed by atoms with E-state index in [9.17, 15) is 10.1 Å². The number of benzene rings is 1. The van der Waals surface area contributed by atoms with Crippen LogP contribution in [0.3, 0.4) is 0 Å². The summed E-state index contributed by atoms with van der Waals surface area (Å²) in [5.74, 6) is 0.484. The van der Waals surface area contributed by atoms with Crippen LogP contribution in [0.25, 0.3) is 0 Å². The molecule has 0 amide bonds. The number of ether oxygens (including phenoxy) is 1. The smallest absolute Gasteiger partial charge is 0.298 e. The second-order valence-electron chi connectivity index (χ2n) is 6.87. The van der Waals surface area contributed by atoms with Crippen LogP contribution < -0.4 is 4.74 Å². The summed E-state index contributed by atoms with van der Waals surface area (Å²) in [7, 11) is 5.70. The van der Waals surface area contributed by atoms with Crippen molar-refractivity contribution in [3.05, 3.63) is 28.3 Å². The van der Waals surface area contributed by atoms with Gasteiger partial charge in [-0.2, -0.15) is 0 Å². The Bertz CT molecular complexity index is 639. The molecule has 7 nitrogen and oxygen atoms in total. The van der Waals surface area contributed by atoms with E-state index >= 15 is 0 Å². The third-order valence-electron chi connectivity index (χ3n) is 3.72. The molecule has 0 heterocycles. The molecule has 0 atom stereocenters. The Labute approximate surface area is 144 Å². The van der Waals surface area contributed by atoms with Crippen molar-refractivity contribution in [1.82, 2.24) is 9.34 Å². The van der Waals surface area contributed by atoms with Crippen molar-refractivity contribution in [2.24, 2.45) is 4.74 Å². The Morgan fingerprint density at radius 3 is 2.12 bits per heavy atom. The Morgan fingerprint density at radius 2 is 1.75 bits per heavy atom. The van der Waals surface area contributed by atoms with E-state index in [0.29, 0.717) is 18.0 Å². The minimum atomic E-state index is -2.20. The van der Waals surface area contributed by atoms with E-state index in [2.05, 4.69) is 30.1 Å². The number of rotatable bonds is 6. The minimum absolute atomic E-state index is 0.0294. The summed E-state index contributed by atoms with van der Waals surface area (Å²) < 4.78 is 14.5. The van der Waals surface area contributed by atoms with Crippen molar-refractivity contribution in [2.45, 2.75) is 32.9 Å². The zero-order valence-corrected chi connectivity index (χ0v) is 16.8. The average molecular weight is 356 g/mol. The normalized spacial score (nSPS) is 12.6. The summed E-state index contributed by atoms with van der Waals surface area (Å²) in [6.07, 6.45) is 0. The van der Waals surface area contributed by atoms with Gasteiger partial charge < -0.3 is 4.74 Å². The minimum Gasteiger partial charge on any atom is -0.494 e. The fraction of sp³-hybridized carbons (Fsp3) is 0.625. The van der Waals surface area contributed by atoms with E-state index in [4.69, 9.17) is 9.48 Å². The molecule has 0 aliphatic rings. The van der Waals surface area contributed by atoms with Crippen LogP contribution in [0.2, 0.25) is 0 Å². The van der Waals surface area contributed by atoms with E-state index in [1.165, 1.54) is 6.07 Å². The van der Waals surface area contributed by atoms with Crippen LogP contribution in [0.4, 0.5) is 11.4 Å². The van der Waals surface area contributed by atoms with Gasteiger partial charge in [-0.15, -0.1) is 0 Å². The van der Waals surface area contributed by atoms with E-state index in [1.54, 1.807) is 12.1 Å². The van der Waals surface area contributed by atoms with Crippen LogP contribution >= 0.6 is 7.36 Å². The van der Waals surface area contributed by atoms with Gasteiger partial charge in [-0.25, -0.2) is 4.74 Å². The van der Waals surface area contributed by atoms with Crippen LogP contribution in [0.1, 0.15) is 27.7 Å². The van der Waals surface area contributed by atoms with Crippen LogP contribution in [0, 0.1) is 10.1 Å². The lowest BCUT2D eigenvalue weighted by atomic mass is 10.2. The van der Waals surface area contributed by atoms with Crippen molar-refractivity contribution >= 4 is 18.7 Å². The van der Waals surface area contributed by atoms with Crippen molar-refractivity contribution in [3.63, 3.8) is 0 Å². The molecule has 0 bridgehead atoms. The lowest BCUT2D eigenvalue weighted by Gasteiger charge is -2.45. The Morgan fingerprint density at radius 1 is 1.21 bits per heavy atom. The molecule has 0 unspecified atom stereocenters. The van der Waals surface area contributed by atoms with Crippen molar-refractivity contribution in [1.29, 1.82) is 0 Å². The maximum absolute atomic E-state index is 11.5. The van der Waals surface area contributed by atoms with Gasteiger partial charge in [0.15, 0.2) is 0 Å². The quantitative estimate of drug-likeness (QED) is 0.424. The van der Waals surface area contributed by atoms with Gasteiger partial charge in [-0.05, 0) is 47.2 Å². The molecule has 1 rings (SSSR count). The fourth-order valence-corrected chi connectivity index (χ4v) is 7.27. The van der Waals surface area contributed by atoms with E-state index in [1.807, 2.05) is 35.1 Å². The van der Waals surface area contributed by atoms with E-state index < -0.39 is 12.3 Å². The summed E-state index contributed by atoms with van der Waals surface area (Å²) in [5, 5.41) is 11.4. The first-order valence-corrected chi connectivity index (χ1v) is 9.51. The SMILES string of the molecule is CCOc1ccc(N=P(N(C)C)(N(C)C)C(C)(C)C)c([N+](=O)[O-])c1. The first-order valence-electron chi connectivity index (χ1n) is 7.86. The largest absolute Gasteiger partial charge is 0.494 e. The number of hydrogen-bond acceptors (Lipinski definition) is 4. The number of nitro benzene ring substituents is 1. The highest BCUT2D eigenvalue weighted by Gasteiger charge is 2.39. The van der Waals surface area contributed by atoms with Gasteiger partial charge >= 0.3 is 0 Å². The summed E-state index contributed by atoms with van der Waals surface area (Å²) in [6, 6.07) is 4.86. The van der Waals surface area contributed by atoms with Crippen molar-refractivity contribution in [2.75, 3.05) is 34.8 Å². The Kier molecular flexibility index (Phi) is 6.56. The number of hydrogen-bond donors (Lipinski definition) is 0. The molecule has 136 valence electrons. The lowest BCUT2D eigenvalue weighted by Crippen LogP contribution is -2.33. The van der Waals surface area contributed by atoms with Gasteiger partial charge in [-0.1, -0.05) is 20.8 Å². The molecule has 24 heavy (non-hydrogen) atoms. The molecule has 0 saturated heterocycles. The monoisotopic (exact) mass is 356 g/mol. The summed E-state index contributed by atoms with van der Waals surface area (Å²) in [4.78, 5) is 11.1. The van der Waals surface area contributed by atoms with Crippen molar-refractivity contribution in [3.8, 4) is 5.75 Å². The summed E-state index contributed by atoms with van der Waals surface area (Å²) in [6.45, 7) is 8.65. The Hall–Kier alpha value is -1.43. The third-order valence-corrected chi connectivity index (χ3v) is 8.24. The molecule has 0 fully saturated rings. The topological polar surface area (TPSA) is 71.2 Å². The highest BCUT2D eigenvalue weighted by atomic mass is 31.2. The standard InChI is InChI=1S/C16H29N4O3P/c1-9-23-13-10-11-14(15(12-13)20(21)22)17-24(18(5)6,19(7)8)16(2,3)4/h10-12H,9H2,1-8H3. The van der Waals surface area contributed by atoms with Crippen molar-refractivity contribution < 1.29 is 9.66 Å². The van der Waals surface area contributed by atoms with E-state index in [0.717, 1.165) is 0 Å². The molecule has 8 heteroatoms. The first-order chi connectivity index (χ1) is 11.0. The highest BCUT2D eigenvalue weighted by molar-refractivity contribution is 7.63. The highest BCUT2D eigenvalue weighted by Crippen LogP contribution is 2.65. The van der Waals surface area contributed by atoms with Gasteiger partial charge in [0.1, 0.15) is 18.8 Å². The van der Waals surface area contributed by atoms with Gasteiger partial charge in [-0.3, -0.25) is 19.5 Å². The zero-order valence-electron chi connectivity index (χ0n) is 15.9. The van der Waals surface area contributed by atoms with Gasteiger partial charge in [0.2, 0.25) is 0 Å². The summed E-state index contributed by atoms with van der Waals surface area (Å²) >= 11 is 0. The molecule has 1 aromatic carbocycles. The number of nitrogens with zero attached hydrogens (tertiary/aromatic N) is 4. The molecule has 0 spiro atoms. The summed E-state index contributed by atoms with van der Waals surface area (Å²) in [5.41, 5.74) is 0.354. The predicted molar refractivity (Wildman–Crippen MR) is 100 cm³/mol. The molecule has 0 aliphatic heterocycles. The van der Waals surface area contributed by atoms with Crippen LogP contribution in [0.5, 0.6) is 5.75 Å². The molecule has 0 saturated carbocycles. The van der Waals surface area contributed by atoms with Gasteiger partial charge in [0.25, 0.3) is 5.69 Å². The molecular formula is C16H29N4O3P. The molecular weight excluding hydrogens is 327 g/mol. The van der Waals surface area contributed by atoms with Gasteiger partial charge in [0, 0.05) is 5.16 Å². The average Bonchev–Trinajstić information content (AvgIpc) is 2.43. The van der Waals surface area contributed by atoms with Crippen LogP contribution in [-0.2, 0) is 0 Å². The second-order valence-corrected chi connectivity index (χ2v) is 11.2. The van der Waals surface area contributed by atoms with Gasteiger partial charge in [0.05, 0.1) is 17.6 Å². The first kappa shape index (κ1) is 20.6.